The van der Waals surface area contributed by atoms with Crippen LogP contribution in [0.5, 0.6) is 0 Å². The summed E-state index contributed by atoms with van der Waals surface area (Å²) in [6, 6.07) is 4.37. The van der Waals surface area contributed by atoms with Gasteiger partial charge in [0.2, 0.25) is 5.91 Å². The smallest absolute Gasteiger partial charge is 0.224 e. The zero-order chi connectivity index (χ0) is 16.2. The van der Waals surface area contributed by atoms with Gasteiger partial charge in [-0.1, -0.05) is 13.8 Å². The number of likely N-dealkylation sites (N-methyl/N-ethyl adjacent to an activating group) is 1. The molecule has 0 saturated heterocycles. The molecule has 23 heavy (non-hydrogen) atoms. The highest BCUT2D eigenvalue weighted by molar-refractivity contribution is 5.88. The van der Waals surface area contributed by atoms with Gasteiger partial charge in [0.1, 0.15) is 5.58 Å². The molecule has 0 unspecified atom stereocenters. The summed E-state index contributed by atoms with van der Waals surface area (Å²) in [6.45, 7) is 7.92. The maximum Gasteiger partial charge on any atom is 0.224 e. The van der Waals surface area contributed by atoms with Crippen molar-refractivity contribution in [1.82, 2.24) is 10.2 Å². The van der Waals surface area contributed by atoms with Gasteiger partial charge in [-0.2, -0.15) is 0 Å². The minimum atomic E-state index is 0.0698. The number of fused-ring (bicyclic) bond motifs is 2. The van der Waals surface area contributed by atoms with E-state index < -0.39 is 0 Å². The quantitative estimate of drug-likeness (QED) is 0.854. The first-order valence-corrected chi connectivity index (χ1v) is 8.72. The molecule has 1 amide bonds. The van der Waals surface area contributed by atoms with Crippen molar-refractivity contribution in [1.29, 1.82) is 0 Å². The Hall–Kier alpha value is -1.81. The number of nitrogens with zero attached hydrogens (tertiary/aromatic N) is 1. The average Bonchev–Trinajstić information content (AvgIpc) is 3.16. The predicted octanol–water partition coefficient (Wildman–Crippen LogP) is 2.92. The molecular weight excluding hydrogens is 288 g/mol. The van der Waals surface area contributed by atoms with Crippen molar-refractivity contribution in [3.05, 3.63) is 35.1 Å². The summed E-state index contributed by atoms with van der Waals surface area (Å²) in [6.07, 6.45) is 5.65. The molecule has 4 nitrogen and oxygen atoms in total. The number of carbonyl (C=O) groups excluding carboxylic acids is 1. The van der Waals surface area contributed by atoms with Crippen LogP contribution in [0.1, 0.15) is 37.0 Å². The highest BCUT2D eigenvalue weighted by atomic mass is 16.3. The molecule has 2 aromatic rings. The molecule has 0 atom stereocenters. The van der Waals surface area contributed by atoms with Crippen LogP contribution in [0.25, 0.3) is 11.0 Å². The number of nitrogens with one attached hydrogen (secondary N) is 1. The number of furan rings is 1. The van der Waals surface area contributed by atoms with Gasteiger partial charge in [-0.3, -0.25) is 4.79 Å². The van der Waals surface area contributed by atoms with Gasteiger partial charge in [-0.25, -0.2) is 0 Å². The Kier molecular flexibility index (Phi) is 5.01. The molecule has 124 valence electrons. The number of amides is 1. The topological polar surface area (TPSA) is 45.5 Å². The SMILES string of the molecule is CCN(CC)CCNC(=O)Cc1coc2cc3c(cc12)CCC3. The molecule has 1 aromatic heterocycles. The maximum absolute atomic E-state index is 12.2. The van der Waals surface area contributed by atoms with Gasteiger partial charge < -0.3 is 14.6 Å². The van der Waals surface area contributed by atoms with Crippen molar-refractivity contribution < 1.29 is 9.21 Å². The van der Waals surface area contributed by atoms with Gasteiger partial charge in [-0.15, -0.1) is 0 Å². The number of aryl methyl sites for hydroxylation is 2. The Morgan fingerprint density at radius 1 is 1.22 bits per heavy atom. The van der Waals surface area contributed by atoms with E-state index in [9.17, 15) is 4.79 Å². The zero-order valence-corrected chi connectivity index (χ0v) is 14.2. The van der Waals surface area contributed by atoms with Crippen molar-refractivity contribution in [3.8, 4) is 0 Å². The Labute approximate surface area is 137 Å². The van der Waals surface area contributed by atoms with Crippen molar-refractivity contribution in [2.45, 2.75) is 39.5 Å². The summed E-state index contributed by atoms with van der Waals surface area (Å²) in [7, 11) is 0. The minimum absolute atomic E-state index is 0.0698. The van der Waals surface area contributed by atoms with Crippen LogP contribution in [0.15, 0.2) is 22.8 Å². The highest BCUT2D eigenvalue weighted by Gasteiger charge is 2.16. The van der Waals surface area contributed by atoms with Crippen LogP contribution >= 0.6 is 0 Å². The van der Waals surface area contributed by atoms with Crippen molar-refractivity contribution >= 4 is 16.9 Å². The van der Waals surface area contributed by atoms with Gasteiger partial charge in [0.15, 0.2) is 0 Å². The number of hydrogen-bond acceptors (Lipinski definition) is 3. The van der Waals surface area contributed by atoms with Crippen LogP contribution in [0.4, 0.5) is 0 Å². The average molecular weight is 314 g/mol. The van der Waals surface area contributed by atoms with Gasteiger partial charge in [0, 0.05) is 24.0 Å². The summed E-state index contributed by atoms with van der Waals surface area (Å²) in [5.74, 6) is 0.0698. The highest BCUT2D eigenvalue weighted by Crippen LogP contribution is 2.30. The Morgan fingerprint density at radius 2 is 1.96 bits per heavy atom. The van der Waals surface area contributed by atoms with Crippen molar-refractivity contribution in [2.75, 3.05) is 26.2 Å². The summed E-state index contributed by atoms with van der Waals surface area (Å²) >= 11 is 0. The first-order chi connectivity index (χ1) is 11.2. The van der Waals surface area contributed by atoms with Gasteiger partial charge in [0.05, 0.1) is 12.7 Å². The first-order valence-electron chi connectivity index (χ1n) is 8.72. The molecule has 1 aromatic carbocycles. The van der Waals surface area contributed by atoms with E-state index in [0.29, 0.717) is 13.0 Å². The molecule has 1 aliphatic rings. The molecule has 1 heterocycles. The van der Waals surface area contributed by atoms with E-state index in [4.69, 9.17) is 4.42 Å². The van der Waals surface area contributed by atoms with Gasteiger partial charge in [0.25, 0.3) is 0 Å². The molecule has 0 spiro atoms. The molecule has 0 radical (unpaired) electrons. The van der Waals surface area contributed by atoms with Crippen LogP contribution < -0.4 is 5.32 Å². The van der Waals surface area contributed by atoms with E-state index >= 15 is 0 Å². The van der Waals surface area contributed by atoms with E-state index in [0.717, 1.165) is 49.0 Å². The molecule has 0 fully saturated rings. The van der Waals surface area contributed by atoms with E-state index in [-0.39, 0.29) is 5.91 Å². The first kappa shape index (κ1) is 16.1. The van der Waals surface area contributed by atoms with Crippen LogP contribution in [-0.4, -0.2) is 37.0 Å². The maximum atomic E-state index is 12.2. The lowest BCUT2D eigenvalue weighted by atomic mass is 10.0. The molecule has 0 aliphatic heterocycles. The molecular formula is C19H26N2O2. The summed E-state index contributed by atoms with van der Waals surface area (Å²) in [5, 5.41) is 4.12. The fourth-order valence-electron chi connectivity index (χ4n) is 3.41. The fourth-order valence-corrected chi connectivity index (χ4v) is 3.41. The van der Waals surface area contributed by atoms with Crippen molar-refractivity contribution in [3.63, 3.8) is 0 Å². The summed E-state index contributed by atoms with van der Waals surface area (Å²) in [5.41, 5.74) is 4.73. The lowest BCUT2D eigenvalue weighted by Crippen LogP contribution is -2.35. The van der Waals surface area contributed by atoms with Crippen LogP contribution in [0, 0.1) is 0 Å². The van der Waals surface area contributed by atoms with Crippen LogP contribution in [0.3, 0.4) is 0 Å². The van der Waals surface area contributed by atoms with Crippen molar-refractivity contribution in [2.24, 2.45) is 0 Å². The lowest BCUT2D eigenvalue weighted by molar-refractivity contribution is -0.120. The molecule has 0 saturated carbocycles. The molecule has 3 rings (SSSR count). The summed E-state index contributed by atoms with van der Waals surface area (Å²) in [4.78, 5) is 14.5. The Bertz CT molecular complexity index is 686. The molecule has 1 N–H and O–H groups in total. The largest absolute Gasteiger partial charge is 0.464 e. The molecule has 0 bridgehead atoms. The minimum Gasteiger partial charge on any atom is -0.464 e. The second kappa shape index (κ2) is 7.18. The second-order valence-corrected chi connectivity index (χ2v) is 6.29. The number of benzene rings is 1. The number of hydrogen-bond donors (Lipinski definition) is 1. The normalized spacial score (nSPS) is 13.7. The van der Waals surface area contributed by atoms with E-state index in [1.165, 1.54) is 17.5 Å². The van der Waals surface area contributed by atoms with Gasteiger partial charge >= 0.3 is 0 Å². The fraction of sp³-hybridized carbons (Fsp3) is 0.526. The standard InChI is InChI=1S/C19H26N2O2/c1-3-21(4-2)9-8-20-19(22)12-16-13-23-18-11-15-7-5-6-14(15)10-17(16)18/h10-11,13H,3-9,12H2,1-2H3,(H,20,22). The summed E-state index contributed by atoms with van der Waals surface area (Å²) < 4.78 is 5.66. The Morgan fingerprint density at radius 3 is 2.70 bits per heavy atom. The van der Waals surface area contributed by atoms with E-state index in [1.807, 2.05) is 0 Å². The third-order valence-corrected chi connectivity index (χ3v) is 4.86. The molecule has 1 aliphatic carbocycles. The number of carbonyl (C=O) groups is 1. The third kappa shape index (κ3) is 3.58. The van der Waals surface area contributed by atoms with Crippen LogP contribution in [0.2, 0.25) is 0 Å². The van der Waals surface area contributed by atoms with E-state index in [1.54, 1.807) is 6.26 Å². The third-order valence-electron chi connectivity index (χ3n) is 4.86. The predicted molar refractivity (Wildman–Crippen MR) is 92.7 cm³/mol. The monoisotopic (exact) mass is 314 g/mol. The van der Waals surface area contributed by atoms with E-state index in [2.05, 4.69) is 36.2 Å². The molecule has 4 heteroatoms. The van der Waals surface area contributed by atoms with Gasteiger partial charge in [-0.05, 0) is 55.6 Å². The Balaban J connectivity index is 1.61. The number of rotatable bonds is 7. The second-order valence-electron chi connectivity index (χ2n) is 6.29. The van der Waals surface area contributed by atoms with Crippen LogP contribution in [-0.2, 0) is 24.1 Å². The zero-order valence-electron chi connectivity index (χ0n) is 14.2. The lowest BCUT2D eigenvalue weighted by Gasteiger charge is -2.17.